The standard InChI is InChI=1S/C15H17ClN4O/c1-2-20(10-12-5-3-4-8-18-12)15(21)13-9-11(16)6-7-14(13)19-17/h3-9,19H,2,10,17H2,1H3. The molecule has 0 bridgehead atoms. The number of hydrogen-bond acceptors (Lipinski definition) is 4. The molecule has 2 aromatic rings. The Morgan fingerprint density at radius 1 is 1.38 bits per heavy atom. The van der Waals surface area contributed by atoms with Gasteiger partial charge in [-0.25, -0.2) is 0 Å². The molecule has 1 heterocycles. The highest BCUT2D eigenvalue weighted by Crippen LogP contribution is 2.22. The molecule has 110 valence electrons. The summed E-state index contributed by atoms with van der Waals surface area (Å²) >= 11 is 5.97. The second kappa shape index (κ2) is 7.06. The van der Waals surface area contributed by atoms with E-state index in [4.69, 9.17) is 17.4 Å². The molecule has 1 aromatic carbocycles. The first-order valence-electron chi connectivity index (χ1n) is 6.61. The first-order valence-corrected chi connectivity index (χ1v) is 6.98. The molecule has 1 amide bonds. The summed E-state index contributed by atoms with van der Waals surface area (Å²) in [7, 11) is 0. The quantitative estimate of drug-likeness (QED) is 0.658. The van der Waals surface area contributed by atoms with Crippen molar-refractivity contribution in [1.29, 1.82) is 0 Å². The van der Waals surface area contributed by atoms with E-state index < -0.39 is 0 Å². The van der Waals surface area contributed by atoms with Gasteiger partial charge in [0, 0.05) is 17.8 Å². The fourth-order valence-electron chi connectivity index (χ4n) is 2.00. The molecule has 0 unspecified atom stereocenters. The van der Waals surface area contributed by atoms with Crippen molar-refractivity contribution in [3.05, 3.63) is 58.9 Å². The van der Waals surface area contributed by atoms with E-state index >= 15 is 0 Å². The zero-order valence-electron chi connectivity index (χ0n) is 11.7. The Labute approximate surface area is 128 Å². The van der Waals surface area contributed by atoms with Crippen molar-refractivity contribution in [3.8, 4) is 0 Å². The fourth-order valence-corrected chi connectivity index (χ4v) is 2.18. The van der Waals surface area contributed by atoms with Crippen LogP contribution in [0.3, 0.4) is 0 Å². The topological polar surface area (TPSA) is 71.2 Å². The minimum absolute atomic E-state index is 0.140. The van der Waals surface area contributed by atoms with Gasteiger partial charge < -0.3 is 10.3 Å². The van der Waals surface area contributed by atoms with Crippen molar-refractivity contribution < 1.29 is 4.79 Å². The number of nitrogen functional groups attached to an aromatic ring is 1. The first-order chi connectivity index (χ1) is 10.2. The maximum Gasteiger partial charge on any atom is 0.256 e. The van der Waals surface area contributed by atoms with Crippen LogP contribution >= 0.6 is 11.6 Å². The summed E-state index contributed by atoms with van der Waals surface area (Å²) in [6.07, 6.45) is 1.71. The van der Waals surface area contributed by atoms with E-state index in [1.165, 1.54) is 0 Å². The molecule has 5 nitrogen and oxygen atoms in total. The molecule has 21 heavy (non-hydrogen) atoms. The Hall–Kier alpha value is -2.11. The average Bonchev–Trinajstić information content (AvgIpc) is 2.53. The summed E-state index contributed by atoms with van der Waals surface area (Å²) in [5.74, 6) is 5.32. The second-order valence-electron chi connectivity index (χ2n) is 4.47. The number of anilines is 1. The number of amides is 1. The predicted octanol–water partition coefficient (Wildman–Crippen LogP) is 2.68. The predicted molar refractivity (Wildman–Crippen MR) is 83.9 cm³/mol. The van der Waals surface area contributed by atoms with Gasteiger partial charge in [0.2, 0.25) is 0 Å². The van der Waals surface area contributed by atoms with Crippen LogP contribution in [-0.4, -0.2) is 22.3 Å². The lowest BCUT2D eigenvalue weighted by Gasteiger charge is -2.22. The summed E-state index contributed by atoms with van der Waals surface area (Å²) in [5, 5.41) is 0.492. The number of nitrogens with one attached hydrogen (secondary N) is 1. The normalized spacial score (nSPS) is 10.2. The molecule has 3 N–H and O–H groups in total. The third-order valence-electron chi connectivity index (χ3n) is 3.12. The van der Waals surface area contributed by atoms with Gasteiger partial charge in [-0.3, -0.25) is 15.6 Å². The molecule has 6 heteroatoms. The smallest absolute Gasteiger partial charge is 0.256 e. The molecule has 0 fully saturated rings. The van der Waals surface area contributed by atoms with Gasteiger partial charge in [0.05, 0.1) is 23.5 Å². The second-order valence-corrected chi connectivity index (χ2v) is 4.91. The third-order valence-corrected chi connectivity index (χ3v) is 3.35. The van der Waals surface area contributed by atoms with Crippen LogP contribution in [0.5, 0.6) is 0 Å². The third kappa shape index (κ3) is 3.71. The molecule has 0 aliphatic carbocycles. The van der Waals surface area contributed by atoms with Crippen molar-refractivity contribution in [1.82, 2.24) is 9.88 Å². The van der Waals surface area contributed by atoms with Gasteiger partial charge in [0.1, 0.15) is 0 Å². The van der Waals surface area contributed by atoms with Crippen LogP contribution < -0.4 is 11.3 Å². The van der Waals surface area contributed by atoms with Crippen molar-refractivity contribution in [2.24, 2.45) is 5.84 Å². The number of pyridine rings is 1. The largest absolute Gasteiger partial charge is 0.333 e. The zero-order chi connectivity index (χ0) is 15.2. The van der Waals surface area contributed by atoms with Gasteiger partial charge in [0.15, 0.2) is 0 Å². The Bertz CT molecular complexity index is 618. The molecular formula is C15H17ClN4O. The Kier molecular flexibility index (Phi) is 5.14. The van der Waals surface area contributed by atoms with Crippen LogP contribution in [0.2, 0.25) is 5.02 Å². The van der Waals surface area contributed by atoms with Gasteiger partial charge in [-0.15, -0.1) is 0 Å². The Morgan fingerprint density at radius 2 is 2.19 bits per heavy atom. The maximum absolute atomic E-state index is 12.7. The maximum atomic E-state index is 12.7. The van der Waals surface area contributed by atoms with E-state index in [1.54, 1.807) is 29.3 Å². The van der Waals surface area contributed by atoms with E-state index in [0.29, 0.717) is 29.4 Å². The number of nitrogens with two attached hydrogens (primary N) is 1. The molecule has 1 aromatic heterocycles. The first kappa shape index (κ1) is 15.3. The number of hydrazine groups is 1. The van der Waals surface area contributed by atoms with Crippen molar-refractivity contribution in [2.75, 3.05) is 12.0 Å². The van der Waals surface area contributed by atoms with E-state index in [-0.39, 0.29) is 5.91 Å². The molecular weight excluding hydrogens is 288 g/mol. The van der Waals surface area contributed by atoms with Gasteiger partial charge in [-0.2, -0.15) is 0 Å². The molecule has 0 aliphatic heterocycles. The van der Waals surface area contributed by atoms with Crippen LogP contribution in [-0.2, 0) is 6.54 Å². The highest BCUT2D eigenvalue weighted by Gasteiger charge is 2.18. The van der Waals surface area contributed by atoms with Crippen LogP contribution in [0, 0.1) is 0 Å². The molecule has 2 rings (SSSR count). The van der Waals surface area contributed by atoms with Crippen LogP contribution in [0.1, 0.15) is 23.0 Å². The number of carbonyl (C=O) groups excluding carboxylic acids is 1. The molecule has 0 spiro atoms. The van der Waals surface area contributed by atoms with Crippen LogP contribution in [0.15, 0.2) is 42.6 Å². The minimum Gasteiger partial charge on any atom is -0.333 e. The van der Waals surface area contributed by atoms with Gasteiger partial charge in [0.25, 0.3) is 5.91 Å². The van der Waals surface area contributed by atoms with Gasteiger partial charge in [-0.05, 0) is 37.3 Å². The molecule has 0 saturated heterocycles. The number of nitrogens with zero attached hydrogens (tertiary/aromatic N) is 2. The summed E-state index contributed by atoms with van der Waals surface area (Å²) in [4.78, 5) is 18.6. The van der Waals surface area contributed by atoms with Gasteiger partial charge >= 0.3 is 0 Å². The lowest BCUT2D eigenvalue weighted by atomic mass is 10.1. The van der Waals surface area contributed by atoms with E-state index in [0.717, 1.165) is 5.69 Å². The number of rotatable bonds is 5. The number of hydrogen-bond donors (Lipinski definition) is 2. The molecule has 0 radical (unpaired) electrons. The van der Waals surface area contributed by atoms with E-state index in [2.05, 4.69) is 10.4 Å². The highest BCUT2D eigenvalue weighted by atomic mass is 35.5. The van der Waals surface area contributed by atoms with Crippen molar-refractivity contribution >= 4 is 23.2 Å². The Morgan fingerprint density at radius 3 is 2.81 bits per heavy atom. The summed E-state index contributed by atoms with van der Waals surface area (Å²) in [6.45, 7) is 2.92. The summed E-state index contributed by atoms with van der Waals surface area (Å²) in [6, 6.07) is 10.6. The molecule has 0 aliphatic rings. The zero-order valence-corrected chi connectivity index (χ0v) is 12.5. The summed E-state index contributed by atoms with van der Waals surface area (Å²) < 4.78 is 0. The number of halogens is 1. The van der Waals surface area contributed by atoms with Crippen LogP contribution in [0.25, 0.3) is 0 Å². The lowest BCUT2D eigenvalue weighted by Crippen LogP contribution is -2.31. The van der Waals surface area contributed by atoms with Crippen LogP contribution in [0.4, 0.5) is 5.69 Å². The van der Waals surface area contributed by atoms with Crippen molar-refractivity contribution in [2.45, 2.75) is 13.5 Å². The van der Waals surface area contributed by atoms with E-state index in [1.807, 2.05) is 25.1 Å². The van der Waals surface area contributed by atoms with Crippen molar-refractivity contribution in [3.63, 3.8) is 0 Å². The molecule has 0 saturated carbocycles. The SMILES string of the molecule is CCN(Cc1ccccn1)C(=O)c1cc(Cl)ccc1NN. The number of aromatic nitrogens is 1. The van der Waals surface area contributed by atoms with E-state index in [9.17, 15) is 4.79 Å². The summed E-state index contributed by atoms with van der Waals surface area (Å²) in [5.41, 5.74) is 4.35. The average molecular weight is 305 g/mol. The monoisotopic (exact) mass is 304 g/mol. The minimum atomic E-state index is -0.140. The van der Waals surface area contributed by atoms with Gasteiger partial charge in [-0.1, -0.05) is 17.7 Å². The number of carbonyl (C=O) groups is 1. The molecule has 0 atom stereocenters. The number of benzene rings is 1. The fraction of sp³-hybridized carbons (Fsp3) is 0.200. The Balaban J connectivity index is 2.26. The highest BCUT2D eigenvalue weighted by molar-refractivity contribution is 6.31. The lowest BCUT2D eigenvalue weighted by molar-refractivity contribution is 0.0751.